The van der Waals surface area contributed by atoms with E-state index in [1.165, 1.54) is 0 Å². The van der Waals surface area contributed by atoms with Gasteiger partial charge in [0.05, 0.1) is 36.5 Å². The summed E-state index contributed by atoms with van der Waals surface area (Å²) < 4.78 is 0. The second-order valence-electron chi connectivity index (χ2n) is 3.98. The molecule has 0 aliphatic carbocycles. The van der Waals surface area contributed by atoms with Gasteiger partial charge < -0.3 is 15.2 Å². The number of hydrogen-bond donors (Lipinski definition) is 2. The van der Waals surface area contributed by atoms with Crippen molar-refractivity contribution in [2.45, 2.75) is 6.54 Å². The van der Waals surface area contributed by atoms with E-state index in [2.05, 4.69) is 15.3 Å². The van der Waals surface area contributed by atoms with Gasteiger partial charge in [0, 0.05) is 6.20 Å². The number of para-hydroxylation sites is 2. The van der Waals surface area contributed by atoms with E-state index in [4.69, 9.17) is 0 Å². The first-order chi connectivity index (χ1) is 8.33. The standard InChI is InChI=1S/C12H12N4O/c17-12-7-16(6-9-5-13-8-14-9)11-4-2-1-3-10(11)15-12/h1-5,8H,6-7H2,(H,13,14)(H,15,17). The van der Waals surface area contributed by atoms with E-state index < -0.39 is 0 Å². The Labute approximate surface area is 98.5 Å². The van der Waals surface area contributed by atoms with E-state index in [0.717, 1.165) is 17.1 Å². The number of anilines is 2. The Bertz CT molecular complexity index is 535. The molecule has 0 saturated heterocycles. The zero-order chi connectivity index (χ0) is 11.7. The summed E-state index contributed by atoms with van der Waals surface area (Å²) in [5.41, 5.74) is 2.82. The zero-order valence-corrected chi connectivity index (χ0v) is 9.18. The van der Waals surface area contributed by atoms with Crippen molar-refractivity contribution in [1.82, 2.24) is 9.97 Å². The molecule has 2 aromatic rings. The molecule has 0 radical (unpaired) electrons. The van der Waals surface area contributed by atoms with Crippen molar-refractivity contribution in [3.63, 3.8) is 0 Å². The molecule has 1 aliphatic rings. The van der Waals surface area contributed by atoms with Crippen molar-refractivity contribution in [3.8, 4) is 0 Å². The normalized spacial score (nSPS) is 14.4. The molecule has 0 fully saturated rings. The van der Waals surface area contributed by atoms with Crippen LogP contribution < -0.4 is 10.2 Å². The van der Waals surface area contributed by atoms with Crippen LogP contribution in [-0.4, -0.2) is 22.4 Å². The van der Waals surface area contributed by atoms with Crippen molar-refractivity contribution < 1.29 is 4.79 Å². The summed E-state index contributed by atoms with van der Waals surface area (Å²) in [5.74, 6) is 0.0132. The lowest BCUT2D eigenvalue weighted by Gasteiger charge is -2.30. The average molecular weight is 228 g/mol. The summed E-state index contributed by atoms with van der Waals surface area (Å²) in [6.45, 7) is 0.998. The number of hydrogen-bond acceptors (Lipinski definition) is 3. The van der Waals surface area contributed by atoms with Gasteiger partial charge in [-0.3, -0.25) is 4.79 Å². The van der Waals surface area contributed by atoms with E-state index in [1.54, 1.807) is 6.33 Å². The van der Waals surface area contributed by atoms with Gasteiger partial charge in [-0.05, 0) is 12.1 Å². The Morgan fingerprint density at radius 3 is 3.06 bits per heavy atom. The molecule has 0 bridgehead atoms. The Balaban J connectivity index is 1.92. The predicted molar refractivity (Wildman–Crippen MR) is 64.7 cm³/mol. The van der Waals surface area contributed by atoms with Gasteiger partial charge in [-0.1, -0.05) is 12.1 Å². The van der Waals surface area contributed by atoms with Crippen molar-refractivity contribution in [3.05, 3.63) is 42.5 Å². The topological polar surface area (TPSA) is 61.0 Å². The van der Waals surface area contributed by atoms with Crippen LogP contribution in [0.15, 0.2) is 36.8 Å². The first-order valence-electron chi connectivity index (χ1n) is 5.44. The monoisotopic (exact) mass is 228 g/mol. The minimum absolute atomic E-state index is 0.0132. The van der Waals surface area contributed by atoms with Crippen LogP contribution >= 0.6 is 0 Å². The van der Waals surface area contributed by atoms with Gasteiger partial charge in [0.2, 0.25) is 5.91 Å². The third-order valence-corrected chi connectivity index (χ3v) is 2.76. The SMILES string of the molecule is O=C1CN(Cc2c[nH]cn2)c2ccccc2N1. The first kappa shape index (κ1) is 9.89. The van der Waals surface area contributed by atoms with Gasteiger partial charge in [0.15, 0.2) is 0 Å². The summed E-state index contributed by atoms with van der Waals surface area (Å²) in [7, 11) is 0. The Kier molecular flexibility index (Phi) is 2.29. The fourth-order valence-corrected chi connectivity index (χ4v) is 2.02. The zero-order valence-electron chi connectivity index (χ0n) is 9.18. The van der Waals surface area contributed by atoms with Crippen LogP contribution in [0.4, 0.5) is 11.4 Å². The van der Waals surface area contributed by atoms with Crippen molar-refractivity contribution in [1.29, 1.82) is 0 Å². The molecule has 1 aliphatic heterocycles. The van der Waals surface area contributed by atoms with Crippen molar-refractivity contribution in [2.75, 3.05) is 16.8 Å². The number of carbonyl (C=O) groups excluding carboxylic acids is 1. The van der Waals surface area contributed by atoms with Crippen LogP contribution in [0.3, 0.4) is 0 Å². The summed E-state index contributed by atoms with van der Waals surface area (Å²) >= 11 is 0. The molecule has 5 heteroatoms. The molecule has 3 rings (SSSR count). The van der Waals surface area contributed by atoms with Crippen molar-refractivity contribution >= 4 is 17.3 Å². The second kappa shape index (κ2) is 3.93. The van der Waals surface area contributed by atoms with Crippen LogP contribution in [0.25, 0.3) is 0 Å². The van der Waals surface area contributed by atoms with E-state index in [9.17, 15) is 4.79 Å². The van der Waals surface area contributed by atoms with Crippen LogP contribution in [0.2, 0.25) is 0 Å². The highest BCUT2D eigenvalue weighted by Gasteiger charge is 2.21. The third kappa shape index (κ3) is 1.87. The van der Waals surface area contributed by atoms with Crippen LogP contribution in [0, 0.1) is 0 Å². The first-order valence-corrected chi connectivity index (χ1v) is 5.44. The molecule has 86 valence electrons. The van der Waals surface area contributed by atoms with Crippen molar-refractivity contribution in [2.24, 2.45) is 0 Å². The molecule has 0 saturated carbocycles. The number of rotatable bonds is 2. The van der Waals surface area contributed by atoms with E-state index in [1.807, 2.05) is 35.4 Å². The number of H-pyrrole nitrogens is 1. The van der Waals surface area contributed by atoms with Gasteiger partial charge in [0.1, 0.15) is 0 Å². The van der Waals surface area contributed by atoms with Gasteiger partial charge >= 0.3 is 0 Å². The maximum Gasteiger partial charge on any atom is 0.243 e. The molecule has 1 aromatic heterocycles. The highest BCUT2D eigenvalue weighted by Crippen LogP contribution is 2.29. The number of nitrogens with one attached hydrogen (secondary N) is 2. The minimum atomic E-state index is 0.0132. The van der Waals surface area contributed by atoms with E-state index in [-0.39, 0.29) is 5.91 Å². The van der Waals surface area contributed by atoms with Crippen LogP contribution in [0.1, 0.15) is 5.69 Å². The highest BCUT2D eigenvalue weighted by atomic mass is 16.2. The molecule has 1 aromatic carbocycles. The number of fused-ring (bicyclic) bond motifs is 1. The number of benzene rings is 1. The molecule has 0 atom stereocenters. The smallest absolute Gasteiger partial charge is 0.243 e. The largest absolute Gasteiger partial charge is 0.355 e. The highest BCUT2D eigenvalue weighted by molar-refractivity contribution is 6.01. The summed E-state index contributed by atoms with van der Waals surface area (Å²) in [6, 6.07) is 7.79. The Morgan fingerprint density at radius 1 is 1.35 bits per heavy atom. The maximum absolute atomic E-state index is 11.6. The summed E-state index contributed by atoms with van der Waals surface area (Å²) in [4.78, 5) is 20.7. The number of imidazole rings is 1. The average Bonchev–Trinajstić information content (AvgIpc) is 2.81. The number of carbonyl (C=O) groups is 1. The van der Waals surface area contributed by atoms with Gasteiger partial charge in [-0.2, -0.15) is 0 Å². The number of aromatic nitrogens is 2. The minimum Gasteiger partial charge on any atom is -0.355 e. The molecule has 17 heavy (non-hydrogen) atoms. The molecule has 0 unspecified atom stereocenters. The molecule has 2 heterocycles. The lowest BCUT2D eigenvalue weighted by atomic mass is 10.2. The predicted octanol–water partition coefficient (Wildman–Crippen LogP) is 1.37. The molecule has 1 amide bonds. The van der Waals surface area contributed by atoms with E-state index >= 15 is 0 Å². The fourth-order valence-electron chi connectivity index (χ4n) is 2.02. The van der Waals surface area contributed by atoms with Crippen LogP contribution in [0.5, 0.6) is 0 Å². The quantitative estimate of drug-likeness (QED) is 0.816. The lowest BCUT2D eigenvalue weighted by molar-refractivity contribution is -0.115. The van der Waals surface area contributed by atoms with Crippen LogP contribution in [-0.2, 0) is 11.3 Å². The summed E-state index contributed by atoms with van der Waals surface area (Å²) in [5, 5.41) is 2.86. The van der Waals surface area contributed by atoms with Gasteiger partial charge in [0.25, 0.3) is 0 Å². The number of amides is 1. The number of aromatic amines is 1. The van der Waals surface area contributed by atoms with Gasteiger partial charge in [-0.15, -0.1) is 0 Å². The molecular formula is C12H12N4O. The molecule has 0 spiro atoms. The summed E-state index contributed by atoms with van der Waals surface area (Å²) in [6.07, 6.45) is 3.49. The van der Waals surface area contributed by atoms with Gasteiger partial charge in [-0.25, -0.2) is 4.98 Å². The Hall–Kier alpha value is -2.30. The molecule has 5 nitrogen and oxygen atoms in total. The molecular weight excluding hydrogens is 216 g/mol. The maximum atomic E-state index is 11.6. The lowest BCUT2D eigenvalue weighted by Crippen LogP contribution is -2.37. The second-order valence-corrected chi connectivity index (χ2v) is 3.98. The van der Waals surface area contributed by atoms with E-state index in [0.29, 0.717) is 13.1 Å². The fraction of sp³-hybridized carbons (Fsp3) is 0.167. The number of nitrogens with zero attached hydrogens (tertiary/aromatic N) is 2. The third-order valence-electron chi connectivity index (χ3n) is 2.76. The molecule has 2 N–H and O–H groups in total. The Morgan fingerprint density at radius 2 is 2.24 bits per heavy atom.